The number of hydrogen-bond acceptors (Lipinski definition) is 1. The Morgan fingerprint density at radius 3 is 1.37 bits per heavy atom. The highest BCUT2D eigenvalue weighted by Crippen LogP contribution is 2.61. The molecule has 1 N–H and O–H groups in total. The molecule has 27 heavy (non-hydrogen) atoms. The maximum Gasteiger partial charge on any atom is 0.00570 e. The van der Waals surface area contributed by atoms with Gasteiger partial charge in [-0.2, -0.15) is 0 Å². The first kappa shape index (κ1) is 18.3. The van der Waals surface area contributed by atoms with E-state index in [2.05, 4.69) is 96.3 Å². The van der Waals surface area contributed by atoms with Crippen molar-refractivity contribution in [3.8, 4) is 0 Å². The summed E-state index contributed by atoms with van der Waals surface area (Å²) in [7, 11) is -0.897. The normalized spacial score (nSPS) is 17.7. The van der Waals surface area contributed by atoms with E-state index in [1.54, 1.807) is 0 Å². The number of hydrogen-bond donors (Lipinski definition) is 1. The van der Waals surface area contributed by atoms with Gasteiger partial charge >= 0.3 is 0 Å². The fourth-order valence-electron chi connectivity index (χ4n) is 4.28. The summed E-state index contributed by atoms with van der Waals surface area (Å²) >= 11 is 0. The van der Waals surface area contributed by atoms with Crippen molar-refractivity contribution >= 4 is 10.0 Å². The molecule has 0 spiro atoms. The molecular formula is C25H29NS. The Hall–Kier alpha value is -2.03. The molecule has 1 atom stereocenters. The largest absolute Gasteiger partial charge is 0.316 e. The third-order valence-electron chi connectivity index (χ3n) is 5.61. The first-order valence-corrected chi connectivity index (χ1v) is 12.1. The maximum absolute atomic E-state index is 3.66. The van der Waals surface area contributed by atoms with E-state index in [9.17, 15) is 0 Å². The van der Waals surface area contributed by atoms with E-state index in [0.717, 1.165) is 11.8 Å². The average Bonchev–Trinajstić information content (AvgIpc) is 3.26. The van der Waals surface area contributed by atoms with Gasteiger partial charge in [-0.15, -0.1) is 0 Å². The predicted molar refractivity (Wildman–Crippen MR) is 119 cm³/mol. The number of benzene rings is 3. The van der Waals surface area contributed by atoms with Crippen molar-refractivity contribution in [2.75, 3.05) is 13.1 Å². The summed E-state index contributed by atoms with van der Waals surface area (Å²) < 4.78 is 0. The Morgan fingerprint density at radius 2 is 1.04 bits per heavy atom. The monoisotopic (exact) mass is 375 g/mol. The molecular weight excluding hydrogens is 346 g/mol. The molecule has 140 valence electrons. The van der Waals surface area contributed by atoms with Gasteiger partial charge in [0.05, 0.1) is 0 Å². The lowest BCUT2D eigenvalue weighted by Gasteiger charge is -2.46. The van der Waals surface area contributed by atoms with Crippen LogP contribution in [0.1, 0.15) is 23.1 Å². The molecule has 3 aromatic rings. The molecule has 0 aromatic heterocycles. The van der Waals surface area contributed by atoms with Gasteiger partial charge in [0.2, 0.25) is 0 Å². The molecule has 1 nitrogen and oxygen atoms in total. The van der Waals surface area contributed by atoms with Gasteiger partial charge in [-0.3, -0.25) is 0 Å². The van der Waals surface area contributed by atoms with Crippen LogP contribution >= 0.6 is 10.0 Å². The van der Waals surface area contributed by atoms with Crippen LogP contribution in [0.2, 0.25) is 0 Å². The van der Waals surface area contributed by atoms with E-state index >= 15 is 0 Å². The summed E-state index contributed by atoms with van der Waals surface area (Å²) in [5.74, 6) is 3.64. The van der Waals surface area contributed by atoms with E-state index in [1.807, 2.05) is 0 Å². The third-order valence-corrected chi connectivity index (χ3v) is 10.2. The Balaban J connectivity index is 1.73. The summed E-state index contributed by atoms with van der Waals surface area (Å²) in [6, 6.07) is 33.5. The smallest absolute Gasteiger partial charge is 0.00570 e. The predicted octanol–water partition coefficient (Wildman–Crippen LogP) is 5.75. The zero-order chi connectivity index (χ0) is 18.4. The molecule has 2 heteroatoms. The van der Waals surface area contributed by atoms with Crippen LogP contribution < -0.4 is 5.32 Å². The molecule has 3 aromatic carbocycles. The summed E-state index contributed by atoms with van der Waals surface area (Å²) in [5, 5.41) is 4.43. The van der Waals surface area contributed by atoms with Crippen LogP contribution in [0, 0.1) is 0 Å². The lowest BCUT2D eigenvalue weighted by Crippen LogP contribution is -2.26. The van der Waals surface area contributed by atoms with Crippen molar-refractivity contribution < 1.29 is 0 Å². The third kappa shape index (κ3) is 4.63. The highest BCUT2D eigenvalue weighted by molar-refractivity contribution is 8.32. The molecule has 0 radical (unpaired) electrons. The SMILES string of the molecule is c1ccc(CS(Cc2ccccc2)(Cc2ccccc2)C2CCNC2)cc1. The second-order valence-corrected chi connectivity index (χ2v) is 11.4. The van der Waals surface area contributed by atoms with Crippen LogP contribution in [0.5, 0.6) is 0 Å². The Kier molecular flexibility index (Phi) is 5.96. The van der Waals surface area contributed by atoms with E-state index in [0.29, 0.717) is 0 Å². The summed E-state index contributed by atoms with van der Waals surface area (Å²) in [5.41, 5.74) is 4.48. The van der Waals surface area contributed by atoms with Gasteiger partial charge in [0, 0.05) is 29.1 Å². The van der Waals surface area contributed by atoms with Gasteiger partial charge in [0.15, 0.2) is 0 Å². The molecule has 1 heterocycles. The van der Waals surface area contributed by atoms with Gasteiger partial charge in [-0.25, -0.2) is 10.0 Å². The Morgan fingerprint density at radius 1 is 0.630 bits per heavy atom. The van der Waals surface area contributed by atoms with Gasteiger partial charge in [-0.1, -0.05) is 91.0 Å². The van der Waals surface area contributed by atoms with Crippen LogP contribution in [0.4, 0.5) is 0 Å². The summed E-state index contributed by atoms with van der Waals surface area (Å²) in [4.78, 5) is 0. The van der Waals surface area contributed by atoms with Gasteiger partial charge in [0.1, 0.15) is 0 Å². The molecule has 0 saturated carbocycles. The molecule has 4 rings (SSSR count). The fraction of sp³-hybridized carbons (Fsp3) is 0.280. The first-order valence-electron chi connectivity index (χ1n) is 9.92. The molecule has 1 fully saturated rings. The summed E-state index contributed by atoms with van der Waals surface area (Å²) in [6.07, 6.45) is 1.31. The highest BCUT2D eigenvalue weighted by Gasteiger charge is 2.35. The molecule has 1 unspecified atom stereocenters. The second-order valence-electron chi connectivity index (χ2n) is 7.62. The quantitative estimate of drug-likeness (QED) is 0.554. The molecule has 1 saturated heterocycles. The van der Waals surface area contributed by atoms with Crippen molar-refractivity contribution in [3.05, 3.63) is 108 Å². The van der Waals surface area contributed by atoms with E-state index in [4.69, 9.17) is 0 Å². The minimum atomic E-state index is -0.897. The topological polar surface area (TPSA) is 12.0 Å². The number of nitrogens with one attached hydrogen (secondary N) is 1. The molecule has 0 bridgehead atoms. The van der Waals surface area contributed by atoms with E-state index in [-0.39, 0.29) is 0 Å². The molecule has 0 aliphatic carbocycles. The van der Waals surface area contributed by atoms with Crippen LogP contribution in [0.25, 0.3) is 0 Å². The summed E-state index contributed by atoms with van der Waals surface area (Å²) in [6.45, 7) is 2.33. The molecule has 1 aliphatic rings. The standard InChI is InChI=1S/C25H29NS/c1-4-10-22(11-5-1)19-27(25-16-17-26-18-25,20-23-12-6-2-7-13-23)21-24-14-8-3-9-15-24/h1-15,25-26H,16-21H2. The minimum absolute atomic E-state index is 0.776. The molecule has 1 aliphatic heterocycles. The Bertz CT molecular complexity index is 709. The lowest BCUT2D eigenvalue weighted by atomic mass is 10.2. The second kappa shape index (κ2) is 8.77. The van der Waals surface area contributed by atoms with Crippen LogP contribution in [-0.4, -0.2) is 18.3 Å². The van der Waals surface area contributed by atoms with Crippen molar-refractivity contribution in [1.29, 1.82) is 0 Å². The van der Waals surface area contributed by atoms with Gasteiger partial charge in [0.25, 0.3) is 0 Å². The van der Waals surface area contributed by atoms with E-state index in [1.165, 1.54) is 46.9 Å². The zero-order valence-corrected chi connectivity index (χ0v) is 16.7. The van der Waals surface area contributed by atoms with E-state index < -0.39 is 10.0 Å². The van der Waals surface area contributed by atoms with Crippen LogP contribution in [0.3, 0.4) is 0 Å². The van der Waals surface area contributed by atoms with Gasteiger partial charge in [-0.05, 0) is 29.7 Å². The van der Waals surface area contributed by atoms with Crippen molar-refractivity contribution in [3.63, 3.8) is 0 Å². The van der Waals surface area contributed by atoms with Crippen LogP contribution in [-0.2, 0) is 17.3 Å². The lowest BCUT2D eigenvalue weighted by molar-refractivity contribution is 0.856. The first-order chi connectivity index (χ1) is 13.3. The number of rotatable bonds is 7. The highest BCUT2D eigenvalue weighted by atomic mass is 32.3. The van der Waals surface area contributed by atoms with Crippen molar-refractivity contribution in [2.24, 2.45) is 0 Å². The molecule has 0 amide bonds. The van der Waals surface area contributed by atoms with Gasteiger partial charge < -0.3 is 5.32 Å². The Labute approximate surface area is 165 Å². The van der Waals surface area contributed by atoms with Crippen molar-refractivity contribution in [1.82, 2.24) is 5.32 Å². The minimum Gasteiger partial charge on any atom is -0.316 e. The van der Waals surface area contributed by atoms with Crippen LogP contribution in [0.15, 0.2) is 91.0 Å². The van der Waals surface area contributed by atoms with Crippen molar-refractivity contribution in [2.45, 2.75) is 28.9 Å². The average molecular weight is 376 g/mol. The zero-order valence-electron chi connectivity index (χ0n) is 15.9. The maximum atomic E-state index is 3.66. The fourth-order valence-corrected chi connectivity index (χ4v) is 8.95.